The van der Waals surface area contributed by atoms with Crippen molar-refractivity contribution in [2.75, 3.05) is 13.2 Å². The largest absolute Gasteiger partial charge is 0.396 e. The van der Waals surface area contributed by atoms with Crippen LogP contribution < -0.4 is 0 Å². The summed E-state index contributed by atoms with van der Waals surface area (Å²) in [5.41, 5.74) is 2.06. The number of nitro groups is 1. The smallest absolute Gasteiger partial charge is 0.269 e. The monoisotopic (exact) mass is 368 g/mol. The predicted octanol–water partition coefficient (Wildman–Crippen LogP) is 4.29. The molecule has 24 heavy (non-hydrogen) atoms. The van der Waals surface area contributed by atoms with Gasteiger partial charge in [-0.15, -0.1) is 0 Å². The van der Waals surface area contributed by atoms with Crippen LogP contribution in [0.1, 0.15) is 17.5 Å². The number of rotatable bonds is 8. The summed E-state index contributed by atoms with van der Waals surface area (Å²) in [5.74, 6) is 0. The first-order valence-electron chi connectivity index (χ1n) is 7.50. The minimum atomic E-state index is -0.414. The van der Waals surface area contributed by atoms with Gasteiger partial charge in [0.2, 0.25) is 0 Å². The standard InChI is InChI=1S/C17H18Cl2N2O3/c18-16-7-4-14(10-17(16)19)12-20(8-1-9-22)11-13-2-5-15(6-3-13)21(23)24/h2-7,10,22H,1,8-9,11-12H2. The van der Waals surface area contributed by atoms with Gasteiger partial charge in [0.15, 0.2) is 0 Å². The first-order valence-corrected chi connectivity index (χ1v) is 8.25. The molecule has 1 N–H and O–H groups in total. The molecule has 2 aromatic carbocycles. The predicted molar refractivity (Wildman–Crippen MR) is 95.4 cm³/mol. The van der Waals surface area contributed by atoms with Gasteiger partial charge in [0.1, 0.15) is 0 Å². The molecule has 0 aliphatic rings. The van der Waals surface area contributed by atoms with Crippen molar-refractivity contribution in [3.63, 3.8) is 0 Å². The van der Waals surface area contributed by atoms with Crippen LogP contribution in [0.15, 0.2) is 42.5 Å². The summed E-state index contributed by atoms with van der Waals surface area (Å²) in [7, 11) is 0. The lowest BCUT2D eigenvalue weighted by molar-refractivity contribution is -0.384. The summed E-state index contributed by atoms with van der Waals surface area (Å²) in [5, 5.41) is 20.8. The third-order valence-electron chi connectivity index (χ3n) is 3.58. The van der Waals surface area contributed by atoms with Crippen LogP contribution in [0.5, 0.6) is 0 Å². The highest BCUT2D eigenvalue weighted by Gasteiger charge is 2.10. The number of aliphatic hydroxyl groups excluding tert-OH is 1. The zero-order valence-electron chi connectivity index (χ0n) is 13.0. The highest BCUT2D eigenvalue weighted by molar-refractivity contribution is 6.42. The second kappa shape index (κ2) is 8.99. The van der Waals surface area contributed by atoms with Crippen molar-refractivity contribution >= 4 is 28.9 Å². The minimum absolute atomic E-state index is 0.0742. The Kier molecular flexibility index (Phi) is 6.99. The molecule has 0 bridgehead atoms. The van der Waals surface area contributed by atoms with Crippen molar-refractivity contribution in [3.05, 3.63) is 73.8 Å². The van der Waals surface area contributed by atoms with Crippen LogP contribution in [0.4, 0.5) is 5.69 Å². The average molecular weight is 369 g/mol. The number of non-ortho nitro benzene ring substituents is 1. The molecule has 0 aliphatic carbocycles. The van der Waals surface area contributed by atoms with Crippen molar-refractivity contribution in [2.24, 2.45) is 0 Å². The summed E-state index contributed by atoms with van der Waals surface area (Å²) >= 11 is 12.0. The van der Waals surface area contributed by atoms with Crippen molar-refractivity contribution in [1.29, 1.82) is 0 Å². The van der Waals surface area contributed by atoms with E-state index in [1.807, 2.05) is 12.1 Å². The molecular weight excluding hydrogens is 351 g/mol. The number of halogens is 2. The molecule has 0 aromatic heterocycles. The molecule has 5 nitrogen and oxygen atoms in total. The molecule has 0 radical (unpaired) electrons. The van der Waals surface area contributed by atoms with Gasteiger partial charge in [-0.1, -0.05) is 41.4 Å². The van der Waals surface area contributed by atoms with E-state index >= 15 is 0 Å². The summed E-state index contributed by atoms with van der Waals surface area (Å²) < 4.78 is 0. The van der Waals surface area contributed by atoms with Crippen LogP contribution in [0.2, 0.25) is 10.0 Å². The summed E-state index contributed by atoms with van der Waals surface area (Å²) in [6.45, 7) is 2.08. The Hall–Kier alpha value is -1.66. The minimum Gasteiger partial charge on any atom is -0.396 e. The van der Waals surface area contributed by atoms with Crippen LogP contribution in [0.25, 0.3) is 0 Å². The van der Waals surface area contributed by atoms with Crippen molar-refractivity contribution in [1.82, 2.24) is 4.90 Å². The Labute approximate surface area is 150 Å². The number of hydrogen-bond acceptors (Lipinski definition) is 4. The van der Waals surface area contributed by atoms with Gasteiger partial charge in [-0.2, -0.15) is 0 Å². The molecule has 0 amide bonds. The number of benzene rings is 2. The molecular formula is C17H18Cl2N2O3. The zero-order chi connectivity index (χ0) is 17.5. The van der Waals surface area contributed by atoms with Gasteiger partial charge >= 0.3 is 0 Å². The molecule has 2 rings (SSSR count). The molecule has 0 saturated carbocycles. The molecule has 7 heteroatoms. The summed E-state index contributed by atoms with van der Waals surface area (Å²) in [6, 6.07) is 12.0. The van der Waals surface area contributed by atoms with Crippen LogP contribution in [-0.4, -0.2) is 28.1 Å². The molecule has 0 heterocycles. The average Bonchev–Trinajstić information content (AvgIpc) is 2.56. The third kappa shape index (κ3) is 5.46. The molecule has 0 saturated heterocycles. The topological polar surface area (TPSA) is 66.6 Å². The number of hydrogen-bond donors (Lipinski definition) is 1. The van der Waals surface area contributed by atoms with Crippen molar-refractivity contribution in [2.45, 2.75) is 19.5 Å². The highest BCUT2D eigenvalue weighted by Crippen LogP contribution is 2.24. The normalized spacial score (nSPS) is 11.0. The van der Waals surface area contributed by atoms with Crippen LogP contribution in [0.3, 0.4) is 0 Å². The molecule has 0 spiro atoms. The number of aliphatic hydroxyl groups is 1. The Morgan fingerprint density at radius 3 is 2.21 bits per heavy atom. The lowest BCUT2D eigenvalue weighted by Crippen LogP contribution is -2.24. The van der Waals surface area contributed by atoms with Gasteiger partial charge in [0.05, 0.1) is 15.0 Å². The number of nitrogens with zero attached hydrogens (tertiary/aromatic N) is 2. The van der Waals surface area contributed by atoms with Gasteiger partial charge in [-0.25, -0.2) is 0 Å². The lowest BCUT2D eigenvalue weighted by Gasteiger charge is -2.22. The fourth-order valence-corrected chi connectivity index (χ4v) is 2.71. The second-order valence-corrected chi connectivity index (χ2v) is 6.27. The van der Waals surface area contributed by atoms with Gasteiger partial charge in [0, 0.05) is 38.4 Å². The highest BCUT2D eigenvalue weighted by atomic mass is 35.5. The maximum atomic E-state index is 10.7. The third-order valence-corrected chi connectivity index (χ3v) is 4.32. The first kappa shape index (κ1) is 18.7. The fourth-order valence-electron chi connectivity index (χ4n) is 2.39. The molecule has 128 valence electrons. The van der Waals surface area contributed by atoms with E-state index in [1.54, 1.807) is 18.2 Å². The van der Waals surface area contributed by atoms with Crippen LogP contribution >= 0.6 is 23.2 Å². The van der Waals surface area contributed by atoms with Gasteiger partial charge in [-0.05, 0) is 29.7 Å². The Morgan fingerprint density at radius 1 is 1.00 bits per heavy atom. The maximum absolute atomic E-state index is 10.7. The van der Waals surface area contributed by atoms with Crippen molar-refractivity contribution < 1.29 is 10.0 Å². The van der Waals surface area contributed by atoms with E-state index in [4.69, 9.17) is 28.3 Å². The Morgan fingerprint density at radius 2 is 1.62 bits per heavy atom. The molecule has 0 aliphatic heterocycles. The van der Waals surface area contributed by atoms with Crippen LogP contribution in [-0.2, 0) is 13.1 Å². The Balaban J connectivity index is 2.09. The Bertz CT molecular complexity index is 693. The van der Waals surface area contributed by atoms with Gasteiger partial charge < -0.3 is 5.11 Å². The maximum Gasteiger partial charge on any atom is 0.269 e. The summed E-state index contributed by atoms with van der Waals surface area (Å²) in [6.07, 6.45) is 0.647. The van der Waals surface area contributed by atoms with E-state index in [0.717, 1.165) is 11.1 Å². The van der Waals surface area contributed by atoms with E-state index in [9.17, 15) is 10.1 Å². The molecule has 2 aromatic rings. The van der Waals surface area contributed by atoms with E-state index in [1.165, 1.54) is 12.1 Å². The van der Waals surface area contributed by atoms with Gasteiger partial charge in [-0.3, -0.25) is 15.0 Å². The van der Waals surface area contributed by atoms with Gasteiger partial charge in [0.25, 0.3) is 5.69 Å². The lowest BCUT2D eigenvalue weighted by atomic mass is 10.1. The second-order valence-electron chi connectivity index (χ2n) is 5.46. The molecule has 0 atom stereocenters. The van der Waals surface area contributed by atoms with E-state index in [0.29, 0.717) is 36.1 Å². The first-order chi connectivity index (χ1) is 11.5. The van der Waals surface area contributed by atoms with Crippen molar-refractivity contribution in [3.8, 4) is 0 Å². The zero-order valence-corrected chi connectivity index (χ0v) is 14.5. The van der Waals surface area contributed by atoms with Crippen LogP contribution in [0, 0.1) is 10.1 Å². The van der Waals surface area contributed by atoms with E-state index in [-0.39, 0.29) is 12.3 Å². The van der Waals surface area contributed by atoms with E-state index < -0.39 is 4.92 Å². The SMILES string of the molecule is O=[N+]([O-])c1ccc(CN(CCCO)Cc2ccc(Cl)c(Cl)c2)cc1. The number of nitro benzene ring substituents is 1. The molecule has 0 unspecified atom stereocenters. The van der Waals surface area contributed by atoms with E-state index in [2.05, 4.69) is 4.90 Å². The molecule has 0 fully saturated rings. The quantitative estimate of drug-likeness (QED) is 0.557. The summed E-state index contributed by atoms with van der Waals surface area (Å²) in [4.78, 5) is 12.5. The fraction of sp³-hybridized carbons (Fsp3) is 0.294.